The molecule has 19 heavy (non-hydrogen) atoms. The fourth-order valence-electron chi connectivity index (χ4n) is 1.55. The van der Waals surface area contributed by atoms with Gasteiger partial charge in [-0.3, -0.25) is 0 Å². The second-order valence-corrected chi connectivity index (χ2v) is 5.22. The quantitative estimate of drug-likeness (QED) is 0.569. The van der Waals surface area contributed by atoms with Crippen LogP contribution in [0.5, 0.6) is 0 Å². The van der Waals surface area contributed by atoms with Crippen LogP contribution >= 0.6 is 12.2 Å². The third-order valence-electron chi connectivity index (χ3n) is 2.65. The first-order chi connectivity index (χ1) is 9.00. The summed E-state index contributed by atoms with van der Waals surface area (Å²) in [7, 11) is 0. The van der Waals surface area contributed by atoms with E-state index in [4.69, 9.17) is 22.7 Å². The standard InChI is InChI=1S/C14H21FN2OS/c1-10(2)5-7-18-8-6-17-13-4-3-11(15)9-12(13)14(16)19/h3-4,9-10,17H,5-8H2,1-2H3,(H2,16,19). The van der Waals surface area contributed by atoms with Gasteiger partial charge in [-0.15, -0.1) is 0 Å². The van der Waals surface area contributed by atoms with E-state index in [1.54, 1.807) is 6.07 Å². The van der Waals surface area contributed by atoms with E-state index in [2.05, 4.69) is 19.2 Å². The molecule has 3 nitrogen and oxygen atoms in total. The Morgan fingerprint density at radius 3 is 2.79 bits per heavy atom. The lowest BCUT2D eigenvalue weighted by atomic mass is 10.1. The summed E-state index contributed by atoms with van der Waals surface area (Å²) in [5.41, 5.74) is 6.82. The van der Waals surface area contributed by atoms with Gasteiger partial charge in [0.15, 0.2) is 0 Å². The number of nitrogens with one attached hydrogen (secondary N) is 1. The molecule has 0 saturated heterocycles. The summed E-state index contributed by atoms with van der Waals surface area (Å²) in [6, 6.07) is 4.35. The Kier molecular flexibility index (Phi) is 6.73. The number of hydrogen-bond acceptors (Lipinski definition) is 3. The van der Waals surface area contributed by atoms with Crippen LogP contribution < -0.4 is 11.1 Å². The summed E-state index contributed by atoms with van der Waals surface area (Å²) in [5.74, 6) is 0.299. The molecule has 0 atom stereocenters. The van der Waals surface area contributed by atoms with Gasteiger partial charge < -0.3 is 15.8 Å². The van der Waals surface area contributed by atoms with Crippen LogP contribution in [0.2, 0.25) is 0 Å². The van der Waals surface area contributed by atoms with Crippen molar-refractivity contribution in [2.75, 3.05) is 25.1 Å². The van der Waals surface area contributed by atoms with Crippen LogP contribution in [0.3, 0.4) is 0 Å². The minimum atomic E-state index is -0.346. The molecule has 0 radical (unpaired) electrons. The average molecular weight is 284 g/mol. The molecule has 1 aromatic carbocycles. The molecule has 0 fully saturated rings. The van der Waals surface area contributed by atoms with E-state index in [0.29, 0.717) is 24.6 Å². The van der Waals surface area contributed by atoms with Gasteiger partial charge in [-0.1, -0.05) is 26.1 Å². The first-order valence-corrected chi connectivity index (χ1v) is 6.82. The highest BCUT2D eigenvalue weighted by Crippen LogP contribution is 2.16. The zero-order chi connectivity index (χ0) is 14.3. The predicted octanol–water partition coefficient (Wildman–Crippen LogP) is 2.93. The van der Waals surface area contributed by atoms with E-state index in [0.717, 1.165) is 18.7 Å². The SMILES string of the molecule is CC(C)CCOCCNc1ccc(F)cc1C(N)=S. The van der Waals surface area contributed by atoms with Crippen molar-refractivity contribution < 1.29 is 9.13 Å². The number of benzene rings is 1. The van der Waals surface area contributed by atoms with Gasteiger partial charge >= 0.3 is 0 Å². The van der Waals surface area contributed by atoms with E-state index in [1.807, 2.05) is 0 Å². The summed E-state index contributed by atoms with van der Waals surface area (Å²) in [6.45, 7) is 6.31. The highest BCUT2D eigenvalue weighted by Gasteiger charge is 2.06. The molecule has 0 spiro atoms. The van der Waals surface area contributed by atoms with Crippen LogP contribution in [0.4, 0.5) is 10.1 Å². The average Bonchev–Trinajstić information content (AvgIpc) is 2.34. The van der Waals surface area contributed by atoms with Gasteiger partial charge in [0.05, 0.1) is 6.61 Å². The highest BCUT2D eigenvalue weighted by molar-refractivity contribution is 7.80. The van der Waals surface area contributed by atoms with Crippen LogP contribution in [0.1, 0.15) is 25.8 Å². The van der Waals surface area contributed by atoms with Gasteiger partial charge in [0, 0.05) is 24.4 Å². The number of thiocarbonyl (C=S) groups is 1. The lowest BCUT2D eigenvalue weighted by Gasteiger charge is -2.12. The highest BCUT2D eigenvalue weighted by atomic mass is 32.1. The molecule has 0 aliphatic heterocycles. The maximum absolute atomic E-state index is 13.1. The van der Waals surface area contributed by atoms with Crippen molar-refractivity contribution in [1.82, 2.24) is 0 Å². The first kappa shape index (κ1) is 15.9. The van der Waals surface area contributed by atoms with Crippen molar-refractivity contribution in [3.63, 3.8) is 0 Å². The molecule has 0 bridgehead atoms. The van der Waals surface area contributed by atoms with Crippen molar-refractivity contribution >= 4 is 22.9 Å². The van der Waals surface area contributed by atoms with Crippen molar-refractivity contribution in [1.29, 1.82) is 0 Å². The van der Waals surface area contributed by atoms with E-state index < -0.39 is 0 Å². The maximum Gasteiger partial charge on any atom is 0.124 e. The Morgan fingerprint density at radius 2 is 2.16 bits per heavy atom. The van der Waals surface area contributed by atoms with Crippen LogP contribution in [-0.2, 0) is 4.74 Å². The van der Waals surface area contributed by atoms with Gasteiger partial charge in [0.1, 0.15) is 10.8 Å². The summed E-state index contributed by atoms with van der Waals surface area (Å²) in [6.07, 6.45) is 1.05. The molecule has 5 heteroatoms. The van der Waals surface area contributed by atoms with Gasteiger partial charge in [0.25, 0.3) is 0 Å². The molecule has 3 N–H and O–H groups in total. The number of hydrogen-bond donors (Lipinski definition) is 2. The van der Waals surface area contributed by atoms with Gasteiger partial charge in [-0.2, -0.15) is 0 Å². The maximum atomic E-state index is 13.1. The Hall–Kier alpha value is -1.20. The molecule has 106 valence electrons. The molecular formula is C14H21FN2OS. The predicted molar refractivity (Wildman–Crippen MR) is 81.1 cm³/mol. The number of ether oxygens (including phenoxy) is 1. The summed E-state index contributed by atoms with van der Waals surface area (Å²) in [4.78, 5) is 0.183. The van der Waals surface area contributed by atoms with Crippen LogP contribution in [0.25, 0.3) is 0 Å². The molecule has 0 amide bonds. The second-order valence-electron chi connectivity index (χ2n) is 4.78. The second kappa shape index (κ2) is 8.07. The first-order valence-electron chi connectivity index (χ1n) is 6.41. The molecule has 0 unspecified atom stereocenters. The number of nitrogens with two attached hydrogens (primary N) is 1. The monoisotopic (exact) mass is 284 g/mol. The topological polar surface area (TPSA) is 47.3 Å². The Balaban J connectivity index is 2.39. The molecule has 0 aliphatic carbocycles. The normalized spacial score (nSPS) is 10.7. The van der Waals surface area contributed by atoms with Crippen LogP contribution in [-0.4, -0.2) is 24.7 Å². The summed E-state index contributed by atoms with van der Waals surface area (Å²) in [5, 5.41) is 3.15. The van der Waals surface area contributed by atoms with Crippen LogP contribution in [0, 0.1) is 11.7 Å². The molecule has 1 rings (SSSR count). The lowest BCUT2D eigenvalue weighted by molar-refractivity contribution is 0.132. The molecule has 0 aliphatic rings. The van der Waals surface area contributed by atoms with Crippen molar-refractivity contribution in [2.45, 2.75) is 20.3 Å². The van der Waals surface area contributed by atoms with E-state index in [-0.39, 0.29) is 10.8 Å². The Bertz CT molecular complexity index is 424. The fourth-order valence-corrected chi connectivity index (χ4v) is 1.72. The van der Waals surface area contributed by atoms with Gasteiger partial charge in [-0.25, -0.2) is 4.39 Å². The Labute approximate surface area is 119 Å². The van der Waals surface area contributed by atoms with Crippen molar-refractivity contribution in [3.8, 4) is 0 Å². The number of halogens is 1. The number of anilines is 1. The lowest BCUT2D eigenvalue weighted by Crippen LogP contribution is -2.16. The largest absolute Gasteiger partial charge is 0.389 e. The van der Waals surface area contributed by atoms with Gasteiger partial charge in [0.2, 0.25) is 0 Å². The van der Waals surface area contributed by atoms with E-state index in [1.165, 1.54) is 12.1 Å². The third-order valence-corrected chi connectivity index (χ3v) is 2.87. The third kappa shape index (κ3) is 5.98. The summed E-state index contributed by atoms with van der Waals surface area (Å²) < 4.78 is 18.6. The number of rotatable bonds is 8. The Morgan fingerprint density at radius 1 is 1.42 bits per heavy atom. The summed E-state index contributed by atoms with van der Waals surface area (Å²) >= 11 is 4.90. The molecule has 0 aromatic heterocycles. The minimum absolute atomic E-state index is 0.183. The van der Waals surface area contributed by atoms with E-state index >= 15 is 0 Å². The van der Waals surface area contributed by atoms with Crippen molar-refractivity contribution in [3.05, 3.63) is 29.6 Å². The molecular weight excluding hydrogens is 263 g/mol. The zero-order valence-corrected chi connectivity index (χ0v) is 12.2. The molecule has 0 saturated carbocycles. The zero-order valence-electron chi connectivity index (χ0n) is 11.4. The molecule has 0 heterocycles. The van der Waals surface area contributed by atoms with E-state index in [9.17, 15) is 4.39 Å². The molecule has 1 aromatic rings. The smallest absolute Gasteiger partial charge is 0.124 e. The van der Waals surface area contributed by atoms with Gasteiger partial charge in [-0.05, 0) is 30.5 Å². The fraction of sp³-hybridized carbons (Fsp3) is 0.500. The van der Waals surface area contributed by atoms with Crippen molar-refractivity contribution in [2.24, 2.45) is 11.7 Å². The minimum Gasteiger partial charge on any atom is -0.389 e. The van der Waals surface area contributed by atoms with Crippen LogP contribution in [0.15, 0.2) is 18.2 Å².